The summed E-state index contributed by atoms with van der Waals surface area (Å²) in [6, 6.07) is 4.35. The van der Waals surface area contributed by atoms with E-state index < -0.39 is 4.92 Å². The fourth-order valence-electron chi connectivity index (χ4n) is 2.21. The van der Waals surface area contributed by atoms with Gasteiger partial charge in [-0.15, -0.1) is 0 Å². The van der Waals surface area contributed by atoms with Crippen LogP contribution in [0.4, 0.5) is 11.4 Å². The number of hydrogen-bond donors (Lipinski definition) is 2. The number of anilines is 1. The van der Waals surface area contributed by atoms with E-state index in [0.717, 1.165) is 32.2 Å². The normalized spacial score (nSPS) is 19.1. The molecule has 0 aliphatic carbocycles. The maximum Gasteiger partial charge on any atom is 0.285 e. The first-order valence-electron chi connectivity index (χ1n) is 6.56. The van der Waals surface area contributed by atoms with Gasteiger partial charge in [0, 0.05) is 11.8 Å². The lowest BCUT2D eigenvalue weighted by Gasteiger charge is -2.15. The molecule has 108 valence electrons. The van der Waals surface area contributed by atoms with Gasteiger partial charge in [0.1, 0.15) is 0 Å². The molecule has 0 bridgehead atoms. The lowest BCUT2D eigenvalue weighted by Crippen LogP contribution is -2.39. The molecule has 0 aromatic heterocycles. The minimum atomic E-state index is -0.483. The Balaban J connectivity index is 2.07. The zero-order chi connectivity index (χ0) is 14.5. The molecule has 2 rings (SSSR count). The molecule has 1 saturated heterocycles. The summed E-state index contributed by atoms with van der Waals surface area (Å²) in [5, 5.41) is 16.8. The molecule has 0 spiro atoms. The van der Waals surface area contributed by atoms with E-state index in [1.165, 1.54) is 6.07 Å². The number of nitro groups is 1. The van der Waals surface area contributed by atoms with E-state index in [0.29, 0.717) is 10.2 Å². The third kappa shape index (κ3) is 3.77. The fourth-order valence-corrected chi connectivity index (χ4v) is 2.60. The summed E-state index contributed by atoms with van der Waals surface area (Å²) in [4.78, 5) is 22.5. The van der Waals surface area contributed by atoms with Crippen LogP contribution in [0.2, 0.25) is 0 Å². The van der Waals surface area contributed by atoms with Gasteiger partial charge in [-0.05, 0) is 47.4 Å². The summed E-state index contributed by atoms with van der Waals surface area (Å²) in [6.45, 7) is 0.832. The van der Waals surface area contributed by atoms with Gasteiger partial charge in [0.2, 0.25) is 5.91 Å². The van der Waals surface area contributed by atoms with Crippen LogP contribution < -0.4 is 10.6 Å². The van der Waals surface area contributed by atoms with Crippen molar-refractivity contribution in [1.82, 2.24) is 5.32 Å². The van der Waals surface area contributed by atoms with E-state index in [-0.39, 0.29) is 17.6 Å². The molecule has 1 atom stereocenters. The molecule has 20 heavy (non-hydrogen) atoms. The Labute approximate surface area is 125 Å². The maximum atomic E-state index is 12.1. The molecule has 0 saturated carbocycles. The molecule has 7 heteroatoms. The number of amides is 1. The fraction of sp³-hybridized carbons (Fsp3) is 0.462. The second-order valence-corrected chi connectivity index (χ2v) is 5.62. The van der Waals surface area contributed by atoms with Crippen LogP contribution in [-0.2, 0) is 4.79 Å². The average molecular weight is 342 g/mol. The first-order chi connectivity index (χ1) is 9.58. The van der Waals surface area contributed by atoms with Gasteiger partial charge in [-0.1, -0.05) is 12.8 Å². The molecule has 1 amide bonds. The van der Waals surface area contributed by atoms with Crippen molar-refractivity contribution >= 4 is 33.2 Å². The van der Waals surface area contributed by atoms with E-state index >= 15 is 0 Å². The van der Waals surface area contributed by atoms with Crippen LogP contribution in [-0.4, -0.2) is 23.4 Å². The summed E-state index contributed by atoms with van der Waals surface area (Å²) in [6.07, 6.45) is 4.02. The third-order valence-electron chi connectivity index (χ3n) is 3.29. The summed E-state index contributed by atoms with van der Waals surface area (Å²) < 4.78 is 0.396. The Morgan fingerprint density at radius 3 is 2.95 bits per heavy atom. The number of halogens is 1. The van der Waals surface area contributed by atoms with Crippen LogP contribution >= 0.6 is 15.9 Å². The van der Waals surface area contributed by atoms with Crippen LogP contribution in [0.15, 0.2) is 22.7 Å². The number of benzene rings is 1. The zero-order valence-corrected chi connectivity index (χ0v) is 12.5. The molecule has 1 fully saturated rings. The molecular weight excluding hydrogens is 326 g/mol. The van der Waals surface area contributed by atoms with Crippen LogP contribution in [0.1, 0.15) is 25.7 Å². The van der Waals surface area contributed by atoms with E-state index in [4.69, 9.17) is 0 Å². The number of carbonyl (C=O) groups is 1. The Kier molecular flexibility index (Phi) is 5.08. The molecular formula is C13H16BrN3O3. The second-order valence-electron chi connectivity index (χ2n) is 4.77. The highest BCUT2D eigenvalue weighted by atomic mass is 79.9. The van der Waals surface area contributed by atoms with Crippen molar-refractivity contribution in [2.45, 2.75) is 31.7 Å². The van der Waals surface area contributed by atoms with Gasteiger partial charge in [-0.3, -0.25) is 14.9 Å². The van der Waals surface area contributed by atoms with Crippen LogP contribution in [0.5, 0.6) is 0 Å². The van der Waals surface area contributed by atoms with Gasteiger partial charge in [-0.2, -0.15) is 0 Å². The predicted octanol–water partition coefficient (Wildman–Crippen LogP) is 2.83. The van der Waals surface area contributed by atoms with E-state index in [2.05, 4.69) is 26.6 Å². The standard InChI is InChI=1S/C13H16BrN3O3/c14-10-6-5-9(8-12(10)17(19)20)16-13(18)11-4-2-1-3-7-15-11/h5-6,8,11,15H,1-4,7H2,(H,16,18). The summed E-state index contributed by atoms with van der Waals surface area (Å²) in [5.74, 6) is -0.136. The van der Waals surface area contributed by atoms with Gasteiger partial charge in [0.25, 0.3) is 5.69 Å². The lowest BCUT2D eigenvalue weighted by molar-refractivity contribution is -0.385. The number of nitrogens with one attached hydrogen (secondary N) is 2. The minimum absolute atomic E-state index is 0.0587. The molecule has 1 aliphatic heterocycles. The summed E-state index contributed by atoms with van der Waals surface area (Å²) >= 11 is 3.12. The Hall–Kier alpha value is -1.47. The highest BCUT2D eigenvalue weighted by Gasteiger charge is 2.20. The van der Waals surface area contributed by atoms with Crippen molar-refractivity contribution in [2.75, 3.05) is 11.9 Å². The molecule has 0 radical (unpaired) electrons. The Morgan fingerprint density at radius 2 is 2.20 bits per heavy atom. The van der Waals surface area contributed by atoms with Crippen molar-refractivity contribution in [1.29, 1.82) is 0 Å². The van der Waals surface area contributed by atoms with Crippen LogP contribution in [0.25, 0.3) is 0 Å². The van der Waals surface area contributed by atoms with Gasteiger partial charge in [0.05, 0.1) is 15.4 Å². The van der Waals surface area contributed by atoms with Crippen LogP contribution in [0, 0.1) is 10.1 Å². The predicted molar refractivity (Wildman–Crippen MR) is 79.7 cm³/mol. The van der Waals surface area contributed by atoms with Gasteiger partial charge in [-0.25, -0.2) is 0 Å². The SMILES string of the molecule is O=C(Nc1ccc(Br)c([N+](=O)[O-])c1)C1CCCCCN1. The van der Waals surface area contributed by atoms with Crippen molar-refractivity contribution < 1.29 is 9.72 Å². The zero-order valence-electron chi connectivity index (χ0n) is 10.9. The molecule has 2 N–H and O–H groups in total. The average Bonchev–Trinajstić information content (AvgIpc) is 2.69. The van der Waals surface area contributed by atoms with Crippen molar-refractivity contribution in [3.05, 3.63) is 32.8 Å². The molecule has 1 heterocycles. The number of nitro benzene ring substituents is 1. The molecule has 6 nitrogen and oxygen atoms in total. The van der Waals surface area contributed by atoms with E-state index in [1.807, 2.05) is 0 Å². The number of hydrogen-bond acceptors (Lipinski definition) is 4. The number of rotatable bonds is 3. The third-order valence-corrected chi connectivity index (χ3v) is 3.96. The second kappa shape index (κ2) is 6.81. The maximum absolute atomic E-state index is 12.1. The molecule has 1 aromatic rings. The highest BCUT2D eigenvalue weighted by molar-refractivity contribution is 9.10. The Bertz CT molecular complexity index is 514. The van der Waals surface area contributed by atoms with Gasteiger partial charge < -0.3 is 10.6 Å². The van der Waals surface area contributed by atoms with Crippen molar-refractivity contribution in [3.8, 4) is 0 Å². The van der Waals surface area contributed by atoms with E-state index in [1.54, 1.807) is 12.1 Å². The first kappa shape index (κ1) is 14.9. The van der Waals surface area contributed by atoms with E-state index in [9.17, 15) is 14.9 Å². The van der Waals surface area contributed by atoms with Gasteiger partial charge >= 0.3 is 0 Å². The Morgan fingerprint density at radius 1 is 1.40 bits per heavy atom. The summed E-state index contributed by atoms with van der Waals surface area (Å²) in [7, 11) is 0. The molecule has 1 unspecified atom stereocenters. The molecule has 1 aromatic carbocycles. The molecule has 1 aliphatic rings. The highest BCUT2D eigenvalue weighted by Crippen LogP contribution is 2.28. The lowest BCUT2D eigenvalue weighted by atomic mass is 10.1. The van der Waals surface area contributed by atoms with Crippen molar-refractivity contribution in [2.24, 2.45) is 0 Å². The monoisotopic (exact) mass is 341 g/mol. The number of carbonyl (C=O) groups excluding carboxylic acids is 1. The summed E-state index contributed by atoms with van der Waals surface area (Å²) in [5.41, 5.74) is 0.382. The van der Waals surface area contributed by atoms with Crippen LogP contribution in [0.3, 0.4) is 0 Å². The topological polar surface area (TPSA) is 84.3 Å². The quantitative estimate of drug-likeness (QED) is 0.653. The first-order valence-corrected chi connectivity index (χ1v) is 7.35. The largest absolute Gasteiger partial charge is 0.324 e. The van der Waals surface area contributed by atoms with Gasteiger partial charge in [0.15, 0.2) is 0 Å². The number of nitrogens with zero attached hydrogens (tertiary/aromatic N) is 1. The minimum Gasteiger partial charge on any atom is -0.324 e. The van der Waals surface area contributed by atoms with Crippen molar-refractivity contribution in [3.63, 3.8) is 0 Å². The smallest absolute Gasteiger partial charge is 0.285 e.